The van der Waals surface area contributed by atoms with E-state index in [-0.39, 0.29) is 5.69 Å². The largest absolute Gasteiger partial charge is 0.332 e. The number of nitrogens with zero attached hydrogens (tertiary/aromatic N) is 1. The molecule has 0 spiro atoms. The number of rotatable bonds is 4. The summed E-state index contributed by atoms with van der Waals surface area (Å²) in [5.41, 5.74) is 1.60. The highest BCUT2D eigenvalue weighted by atomic mass is 32.1. The number of anilines is 3. The topological polar surface area (TPSA) is 54.0 Å². The lowest BCUT2D eigenvalue weighted by Crippen LogP contribution is -2.11. The molecule has 1 heterocycles. The van der Waals surface area contributed by atoms with E-state index in [4.69, 9.17) is 0 Å². The van der Waals surface area contributed by atoms with Crippen LogP contribution in [-0.4, -0.2) is 10.9 Å². The molecule has 0 saturated heterocycles. The Kier molecular flexibility index (Phi) is 4.52. The SMILES string of the molecule is Cc1nc(Nc2ccccc2)sc1C(=O)Nc1ccc(F)c(F)c1. The molecule has 0 fully saturated rings. The zero-order chi connectivity index (χ0) is 17.1. The maximum Gasteiger partial charge on any atom is 0.267 e. The van der Waals surface area contributed by atoms with Crippen LogP contribution < -0.4 is 10.6 Å². The van der Waals surface area contributed by atoms with Crippen LogP contribution in [0.25, 0.3) is 0 Å². The van der Waals surface area contributed by atoms with Crippen molar-refractivity contribution in [3.8, 4) is 0 Å². The van der Waals surface area contributed by atoms with E-state index in [1.165, 1.54) is 17.4 Å². The molecule has 2 aromatic carbocycles. The fraction of sp³-hybridized carbons (Fsp3) is 0.0588. The molecule has 24 heavy (non-hydrogen) atoms. The fourth-order valence-corrected chi connectivity index (χ4v) is 2.95. The van der Waals surface area contributed by atoms with Gasteiger partial charge in [0.05, 0.1) is 5.69 Å². The Bertz CT molecular complexity index is 881. The number of carbonyl (C=O) groups excluding carboxylic acids is 1. The molecule has 7 heteroatoms. The van der Waals surface area contributed by atoms with Gasteiger partial charge in [0.2, 0.25) is 0 Å². The van der Waals surface area contributed by atoms with E-state index in [9.17, 15) is 13.6 Å². The highest BCUT2D eigenvalue weighted by Gasteiger charge is 2.16. The van der Waals surface area contributed by atoms with Crippen molar-refractivity contribution in [3.05, 3.63) is 70.7 Å². The number of amides is 1. The van der Waals surface area contributed by atoms with Gasteiger partial charge in [0, 0.05) is 17.4 Å². The first-order valence-corrected chi connectivity index (χ1v) is 7.90. The number of benzene rings is 2. The number of hydrogen-bond donors (Lipinski definition) is 2. The van der Waals surface area contributed by atoms with Crippen molar-refractivity contribution in [1.82, 2.24) is 4.98 Å². The molecule has 3 aromatic rings. The first kappa shape index (κ1) is 16.1. The predicted molar refractivity (Wildman–Crippen MR) is 90.9 cm³/mol. The number of aromatic nitrogens is 1. The van der Waals surface area contributed by atoms with Crippen molar-refractivity contribution in [1.29, 1.82) is 0 Å². The molecule has 1 aromatic heterocycles. The molecule has 0 radical (unpaired) electrons. The number of para-hydroxylation sites is 1. The summed E-state index contributed by atoms with van der Waals surface area (Å²) >= 11 is 1.19. The molecule has 0 saturated carbocycles. The van der Waals surface area contributed by atoms with Crippen LogP contribution in [-0.2, 0) is 0 Å². The van der Waals surface area contributed by atoms with Gasteiger partial charge in [0.15, 0.2) is 16.8 Å². The van der Waals surface area contributed by atoms with Gasteiger partial charge in [-0.1, -0.05) is 29.5 Å². The van der Waals surface area contributed by atoms with Crippen LogP contribution in [0.4, 0.5) is 25.3 Å². The molecule has 3 rings (SSSR count). The molecule has 1 amide bonds. The lowest BCUT2D eigenvalue weighted by molar-refractivity contribution is 0.103. The van der Waals surface area contributed by atoms with Crippen molar-refractivity contribution in [2.75, 3.05) is 10.6 Å². The van der Waals surface area contributed by atoms with Crippen molar-refractivity contribution >= 4 is 33.8 Å². The molecule has 0 aliphatic carbocycles. The van der Waals surface area contributed by atoms with Crippen LogP contribution >= 0.6 is 11.3 Å². The van der Waals surface area contributed by atoms with Crippen LogP contribution in [0.1, 0.15) is 15.4 Å². The van der Waals surface area contributed by atoms with E-state index in [0.717, 1.165) is 17.8 Å². The molecule has 0 bridgehead atoms. The van der Waals surface area contributed by atoms with Gasteiger partial charge in [0.25, 0.3) is 5.91 Å². The van der Waals surface area contributed by atoms with E-state index in [1.54, 1.807) is 6.92 Å². The lowest BCUT2D eigenvalue weighted by atomic mass is 10.3. The normalized spacial score (nSPS) is 10.5. The summed E-state index contributed by atoms with van der Waals surface area (Å²) in [6.45, 7) is 1.72. The summed E-state index contributed by atoms with van der Waals surface area (Å²) in [6.07, 6.45) is 0. The number of carbonyl (C=O) groups is 1. The van der Waals surface area contributed by atoms with Crippen LogP contribution in [0.15, 0.2) is 48.5 Å². The van der Waals surface area contributed by atoms with Gasteiger partial charge in [0.1, 0.15) is 4.88 Å². The Labute approximate surface area is 141 Å². The predicted octanol–water partition coefficient (Wildman–Crippen LogP) is 4.73. The van der Waals surface area contributed by atoms with Crippen molar-refractivity contribution < 1.29 is 13.6 Å². The number of aryl methyl sites for hydroxylation is 1. The van der Waals surface area contributed by atoms with Crippen LogP contribution in [0, 0.1) is 18.6 Å². The monoisotopic (exact) mass is 345 g/mol. The van der Waals surface area contributed by atoms with E-state index in [2.05, 4.69) is 15.6 Å². The van der Waals surface area contributed by atoms with Gasteiger partial charge in [-0.05, 0) is 31.2 Å². The van der Waals surface area contributed by atoms with Crippen LogP contribution in [0.3, 0.4) is 0 Å². The van der Waals surface area contributed by atoms with Gasteiger partial charge >= 0.3 is 0 Å². The van der Waals surface area contributed by atoms with Crippen LogP contribution in [0.5, 0.6) is 0 Å². The maximum absolute atomic E-state index is 13.2. The Morgan fingerprint density at radius 1 is 1.04 bits per heavy atom. The Balaban J connectivity index is 1.76. The molecule has 0 aliphatic rings. The molecule has 4 nitrogen and oxygen atoms in total. The average Bonchev–Trinajstić information content (AvgIpc) is 2.92. The molecular formula is C17H13F2N3OS. The molecule has 0 atom stereocenters. The lowest BCUT2D eigenvalue weighted by Gasteiger charge is -2.04. The van der Waals surface area contributed by atoms with Gasteiger partial charge < -0.3 is 10.6 Å². The van der Waals surface area contributed by atoms with E-state index in [1.807, 2.05) is 30.3 Å². The number of thiazole rings is 1. The third-order valence-electron chi connectivity index (χ3n) is 3.21. The highest BCUT2D eigenvalue weighted by molar-refractivity contribution is 7.17. The van der Waals surface area contributed by atoms with Crippen LogP contribution in [0.2, 0.25) is 0 Å². The number of nitrogens with one attached hydrogen (secondary N) is 2. The van der Waals surface area contributed by atoms with Crippen molar-refractivity contribution in [2.24, 2.45) is 0 Å². The highest BCUT2D eigenvalue weighted by Crippen LogP contribution is 2.26. The molecule has 0 unspecified atom stereocenters. The second-order valence-corrected chi connectivity index (χ2v) is 6.01. The first-order chi connectivity index (χ1) is 11.5. The Morgan fingerprint density at radius 3 is 2.50 bits per heavy atom. The Hall–Kier alpha value is -2.80. The summed E-state index contributed by atoms with van der Waals surface area (Å²) in [4.78, 5) is 17.0. The molecular weight excluding hydrogens is 332 g/mol. The third-order valence-corrected chi connectivity index (χ3v) is 4.28. The van der Waals surface area contributed by atoms with E-state index in [0.29, 0.717) is 15.7 Å². The van der Waals surface area contributed by atoms with Gasteiger partial charge in [-0.2, -0.15) is 0 Å². The molecule has 122 valence electrons. The quantitative estimate of drug-likeness (QED) is 0.719. The second-order valence-electron chi connectivity index (χ2n) is 5.01. The van der Waals surface area contributed by atoms with E-state index >= 15 is 0 Å². The summed E-state index contributed by atoms with van der Waals surface area (Å²) in [5, 5.41) is 6.24. The Morgan fingerprint density at radius 2 is 1.79 bits per heavy atom. The van der Waals surface area contributed by atoms with Gasteiger partial charge in [-0.25, -0.2) is 13.8 Å². The zero-order valence-electron chi connectivity index (χ0n) is 12.6. The van der Waals surface area contributed by atoms with Crippen molar-refractivity contribution in [2.45, 2.75) is 6.92 Å². The smallest absolute Gasteiger partial charge is 0.267 e. The van der Waals surface area contributed by atoms with Gasteiger partial charge in [-0.15, -0.1) is 0 Å². The third kappa shape index (κ3) is 3.57. The van der Waals surface area contributed by atoms with Gasteiger partial charge in [-0.3, -0.25) is 4.79 Å². The minimum absolute atomic E-state index is 0.185. The zero-order valence-corrected chi connectivity index (χ0v) is 13.5. The molecule has 0 aliphatic heterocycles. The average molecular weight is 345 g/mol. The summed E-state index contributed by atoms with van der Waals surface area (Å²) in [7, 11) is 0. The fourth-order valence-electron chi connectivity index (χ4n) is 2.07. The second kappa shape index (κ2) is 6.76. The first-order valence-electron chi connectivity index (χ1n) is 7.09. The number of hydrogen-bond acceptors (Lipinski definition) is 4. The van der Waals surface area contributed by atoms with E-state index < -0.39 is 17.5 Å². The van der Waals surface area contributed by atoms with Crippen molar-refractivity contribution in [3.63, 3.8) is 0 Å². The number of halogens is 2. The minimum atomic E-state index is -1.01. The summed E-state index contributed by atoms with van der Waals surface area (Å²) in [6, 6.07) is 12.7. The standard InChI is InChI=1S/C17H13F2N3OS/c1-10-15(16(23)21-12-7-8-13(18)14(19)9-12)24-17(20-10)22-11-5-3-2-4-6-11/h2-9H,1H3,(H,20,22)(H,21,23). The summed E-state index contributed by atoms with van der Waals surface area (Å²) in [5.74, 6) is -2.39. The summed E-state index contributed by atoms with van der Waals surface area (Å²) < 4.78 is 26.1. The molecule has 2 N–H and O–H groups in total. The maximum atomic E-state index is 13.2. The minimum Gasteiger partial charge on any atom is -0.332 e.